The highest BCUT2D eigenvalue weighted by molar-refractivity contribution is 6.77. The van der Waals surface area contributed by atoms with Crippen molar-refractivity contribution in [1.29, 1.82) is 0 Å². The summed E-state index contributed by atoms with van der Waals surface area (Å²) in [6, 6.07) is 4.43. The third kappa shape index (κ3) is 4.67. The lowest BCUT2D eigenvalue weighted by Gasteiger charge is -2.43. The lowest BCUT2D eigenvalue weighted by Crippen LogP contribution is -2.55. The van der Waals surface area contributed by atoms with E-state index in [0.717, 1.165) is 24.4 Å². The summed E-state index contributed by atoms with van der Waals surface area (Å²) in [5.41, 5.74) is 0. The molecule has 1 heterocycles. The summed E-state index contributed by atoms with van der Waals surface area (Å²) in [4.78, 5) is 0. The van der Waals surface area contributed by atoms with Crippen LogP contribution in [0.2, 0.25) is 18.1 Å². The first kappa shape index (κ1) is 16.2. The Kier molecular flexibility index (Phi) is 6.35. The standard InChI is InChI=1S/C15H34N2Si/c1-13(2)9-18(10-14(3)4,11-15(5)6)17-8-7-16-12-17/h13-16H,7-12H2,1-6H3. The smallest absolute Gasteiger partial charge is 0.130 e. The van der Waals surface area contributed by atoms with E-state index in [1.165, 1.54) is 31.2 Å². The van der Waals surface area contributed by atoms with Gasteiger partial charge in [-0.25, -0.2) is 0 Å². The Hall–Kier alpha value is 0.137. The average molecular weight is 271 g/mol. The number of rotatable bonds is 7. The highest BCUT2D eigenvalue weighted by atomic mass is 28.3. The Morgan fingerprint density at radius 3 is 1.61 bits per heavy atom. The van der Waals surface area contributed by atoms with E-state index in [9.17, 15) is 0 Å². The van der Waals surface area contributed by atoms with Gasteiger partial charge in [0.1, 0.15) is 8.24 Å². The number of hydrogen-bond acceptors (Lipinski definition) is 2. The Labute approximate surface area is 116 Å². The van der Waals surface area contributed by atoms with Crippen LogP contribution in [0, 0.1) is 17.8 Å². The van der Waals surface area contributed by atoms with Crippen molar-refractivity contribution < 1.29 is 0 Å². The Bertz CT molecular complexity index is 206. The molecule has 3 heteroatoms. The second kappa shape index (κ2) is 7.06. The predicted molar refractivity (Wildman–Crippen MR) is 84.3 cm³/mol. The summed E-state index contributed by atoms with van der Waals surface area (Å²) < 4.78 is 2.87. The molecule has 0 aromatic carbocycles. The highest BCUT2D eigenvalue weighted by Crippen LogP contribution is 2.35. The predicted octanol–water partition coefficient (Wildman–Crippen LogP) is 3.76. The van der Waals surface area contributed by atoms with Crippen molar-refractivity contribution in [2.24, 2.45) is 17.8 Å². The van der Waals surface area contributed by atoms with E-state index < -0.39 is 8.24 Å². The second-order valence-electron chi connectivity index (χ2n) is 7.44. The first-order chi connectivity index (χ1) is 8.35. The van der Waals surface area contributed by atoms with Crippen LogP contribution >= 0.6 is 0 Å². The number of hydrogen-bond donors (Lipinski definition) is 1. The van der Waals surface area contributed by atoms with Gasteiger partial charge in [0, 0.05) is 19.8 Å². The van der Waals surface area contributed by atoms with Crippen LogP contribution in [0.3, 0.4) is 0 Å². The molecule has 0 amide bonds. The molecule has 1 aliphatic heterocycles. The molecule has 2 nitrogen and oxygen atoms in total. The SMILES string of the molecule is CC(C)C[Si](CC(C)C)(CC(C)C)N1CCNC1. The zero-order valence-electron chi connectivity index (χ0n) is 13.4. The van der Waals surface area contributed by atoms with Gasteiger partial charge in [0.25, 0.3) is 0 Å². The molecule has 108 valence electrons. The van der Waals surface area contributed by atoms with Crippen LogP contribution in [0.25, 0.3) is 0 Å². The molecule has 0 atom stereocenters. The van der Waals surface area contributed by atoms with Gasteiger partial charge in [-0.05, 0) is 35.9 Å². The first-order valence-electron chi connectivity index (χ1n) is 7.81. The highest BCUT2D eigenvalue weighted by Gasteiger charge is 2.41. The second-order valence-corrected chi connectivity index (χ2v) is 11.7. The average Bonchev–Trinajstić information content (AvgIpc) is 2.65. The van der Waals surface area contributed by atoms with Gasteiger partial charge < -0.3 is 9.88 Å². The molecule has 0 unspecified atom stereocenters. The quantitative estimate of drug-likeness (QED) is 0.709. The van der Waals surface area contributed by atoms with Crippen LogP contribution in [0.15, 0.2) is 0 Å². The van der Waals surface area contributed by atoms with E-state index in [1.54, 1.807) is 0 Å². The fourth-order valence-electron chi connectivity index (χ4n) is 3.83. The fraction of sp³-hybridized carbons (Fsp3) is 1.00. The van der Waals surface area contributed by atoms with Gasteiger partial charge in [-0.2, -0.15) is 0 Å². The van der Waals surface area contributed by atoms with Crippen LogP contribution in [-0.2, 0) is 0 Å². The zero-order valence-corrected chi connectivity index (χ0v) is 14.4. The van der Waals surface area contributed by atoms with E-state index in [2.05, 4.69) is 51.4 Å². The van der Waals surface area contributed by atoms with Crippen LogP contribution in [0.5, 0.6) is 0 Å². The summed E-state index contributed by atoms with van der Waals surface area (Å²) in [6.07, 6.45) is 0. The Balaban J connectivity index is 2.90. The molecule has 0 spiro atoms. The van der Waals surface area contributed by atoms with Gasteiger partial charge >= 0.3 is 0 Å². The van der Waals surface area contributed by atoms with Crippen LogP contribution in [0.1, 0.15) is 41.5 Å². The normalized spacial score (nSPS) is 18.5. The largest absolute Gasteiger partial charge is 0.310 e. The lowest BCUT2D eigenvalue weighted by molar-refractivity contribution is 0.461. The number of nitrogens with zero attached hydrogens (tertiary/aromatic N) is 1. The molecule has 18 heavy (non-hydrogen) atoms. The van der Waals surface area contributed by atoms with Crippen molar-refractivity contribution in [3.8, 4) is 0 Å². The maximum Gasteiger partial charge on any atom is 0.130 e. The molecular weight excluding hydrogens is 236 g/mol. The lowest BCUT2D eigenvalue weighted by atomic mass is 10.2. The molecule has 0 aromatic rings. The van der Waals surface area contributed by atoms with Gasteiger partial charge in [0.2, 0.25) is 0 Å². The minimum absolute atomic E-state index is 0.842. The van der Waals surface area contributed by atoms with Crippen molar-refractivity contribution in [3.05, 3.63) is 0 Å². The molecule has 0 radical (unpaired) electrons. The summed E-state index contributed by atoms with van der Waals surface area (Å²) in [6.45, 7) is 18.1. The molecule has 1 aliphatic rings. The van der Waals surface area contributed by atoms with Crippen molar-refractivity contribution >= 4 is 8.24 Å². The zero-order chi connectivity index (χ0) is 13.8. The molecule has 1 saturated heterocycles. The third-order valence-corrected chi connectivity index (χ3v) is 10.3. The van der Waals surface area contributed by atoms with Gasteiger partial charge in [-0.1, -0.05) is 41.5 Å². The van der Waals surface area contributed by atoms with Gasteiger partial charge in [-0.15, -0.1) is 0 Å². The van der Waals surface area contributed by atoms with E-state index in [1.807, 2.05) is 0 Å². The van der Waals surface area contributed by atoms with Gasteiger partial charge in [0.05, 0.1) is 0 Å². The van der Waals surface area contributed by atoms with E-state index >= 15 is 0 Å². The summed E-state index contributed by atoms with van der Waals surface area (Å²) in [7, 11) is -1.28. The molecular formula is C15H34N2Si. The number of nitrogens with one attached hydrogen (secondary N) is 1. The van der Waals surface area contributed by atoms with Crippen LogP contribution < -0.4 is 5.32 Å². The van der Waals surface area contributed by atoms with E-state index in [-0.39, 0.29) is 0 Å². The van der Waals surface area contributed by atoms with Gasteiger partial charge in [0.15, 0.2) is 0 Å². The van der Waals surface area contributed by atoms with Gasteiger partial charge in [-0.3, -0.25) is 0 Å². The van der Waals surface area contributed by atoms with Crippen molar-refractivity contribution in [1.82, 2.24) is 9.88 Å². The van der Waals surface area contributed by atoms with E-state index in [4.69, 9.17) is 0 Å². The van der Waals surface area contributed by atoms with Crippen molar-refractivity contribution in [2.45, 2.75) is 59.7 Å². The molecule has 0 bridgehead atoms. The fourth-order valence-corrected chi connectivity index (χ4v) is 10.7. The summed E-state index contributed by atoms with van der Waals surface area (Å²) in [5.74, 6) is 2.53. The van der Waals surface area contributed by atoms with Crippen LogP contribution in [-0.4, -0.2) is 32.6 Å². The Morgan fingerprint density at radius 2 is 1.33 bits per heavy atom. The van der Waals surface area contributed by atoms with E-state index in [0.29, 0.717) is 0 Å². The minimum atomic E-state index is -1.28. The molecule has 1 rings (SSSR count). The van der Waals surface area contributed by atoms with Crippen LogP contribution in [0.4, 0.5) is 0 Å². The van der Waals surface area contributed by atoms with Crippen molar-refractivity contribution in [3.63, 3.8) is 0 Å². The maximum atomic E-state index is 3.56. The minimum Gasteiger partial charge on any atom is -0.310 e. The molecule has 0 aliphatic carbocycles. The first-order valence-corrected chi connectivity index (χ1v) is 10.4. The molecule has 0 aromatic heterocycles. The monoisotopic (exact) mass is 270 g/mol. The topological polar surface area (TPSA) is 15.3 Å². The van der Waals surface area contributed by atoms with Crippen molar-refractivity contribution in [2.75, 3.05) is 19.8 Å². The summed E-state index contributed by atoms with van der Waals surface area (Å²) in [5, 5.41) is 3.56. The molecule has 1 N–H and O–H groups in total. The maximum absolute atomic E-state index is 3.56. The summed E-state index contributed by atoms with van der Waals surface area (Å²) >= 11 is 0. The molecule has 0 saturated carbocycles. The Morgan fingerprint density at radius 1 is 0.889 bits per heavy atom. The molecule has 1 fully saturated rings. The third-order valence-electron chi connectivity index (χ3n) is 3.90.